The molecule has 3 nitrogen and oxygen atoms in total. The number of hydrogen-bond acceptors (Lipinski definition) is 2. The van der Waals surface area contributed by atoms with E-state index in [2.05, 4.69) is 6.92 Å². The van der Waals surface area contributed by atoms with Crippen LogP contribution in [-0.2, 0) is 4.79 Å². The maximum atomic E-state index is 10.6. The van der Waals surface area contributed by atoms with Crippen LogP contribution in [0.1, 0.15) is 33.1 Å². The predicted molar refractivity (Wildman–Crippen MR) is 51.3 cm³/mol. The first-order valence-electron chi connectivity index (χ1n) is 4.89. The number of rotatable bonds is 5. The van der Waals surface area contributed by atoms with Crippen molar-refractivity contribution in [2.45, 2.75) is 33.1 Å². The van der Waals surface area contributed by atoms with Crippen LogP contribution >= 0.6 is 0 Å². The van der Waals surface area contributed by atoms with Crippen LogP contribution < -0.4 is 5.73 Å². The Kier molecular flexibility index (Phi) is 2.96. The summed E-state index contributed by atoms with van der Waals surface area (Å²) in [6.45, 7) is 4.66. The summed E-state index contributed by atoms with van der Waals surface area (Å²) in [5.74, 6) is 0.758. The van der Waals surface area contributed by atoms with E-state index >= 15 is 0 Å². The third kappa shape index (κ3) is 2.99. The van der Waals surface area contributed by atoms with Crippen molar-refractivity contribution in [2.24, 2.45) is 23.0 Å². The van der Waals surface area contributed by atoms with Gasteiger partial charge in [0.2, 0.25) is 0 Å². The van der Waals surface area contributed by atoms with E-state index in [0.717, 1.165) is 12.3 Å². The second kappa shape index (κ2) is 3.66. The molecule has 0 aromatic rings. The molecule has 1 saturated carbocycles. The monoisotopic (exact) mass is 185 g/mol. The Balaban J connectivity index is 2.43. The third-order valence-corrected chi connectivity index (χ3v) is 3.10. The predicted octanol–water partition coefficient (Wildman–Crippen LogP) is 1.47. The zero-order valence-corrected chi connectivity index (χ0v) is 8.42. The lowest BCUT2D eigenvalue weighted by atomic mass is 9.81. The van der Waals surface area contributed by atoms with E-state index in [1.807, 2.05) is 6.92 Å². The van der Waals surface area contributed by atoms with Crippen LogP contribution in [0.3, 0.4) is 0 Å². The van der Waals surface area contributed by atoms with Gasteiger partial charge in [0, 0.05) is 0 Å². The first-order valence-corrected chi connectivity index (χ1v) is 4.89. The molecule has 76 valence electrons. The van der Waals surface area contributed by atoms with Crippen molar-refractivity contribution < 1.29 is 9.90 Å². The van der Waals surface area contributed by atoms with E-state index in [-0.39, 0.29) is 11.8 Å². The molecule has 0 radical (unpaired) electrons. The molecule has 0 aromatic carbocycles. The molecule has 3 heteroatoms. The van der Waals surface area contributed by atoms with Gasteiger partial charge in [0.1, 0.15) is 0 Å². The molecule has 1 fully saturated rings. The van der Waals surface area contributed by atoms with Crippen LogP contribution in [0.4, 0.5) is 0 Å². The lowest BCUT2D eigenvalue weighted by Gasteiger charge is -2.26. The number of hydrogen-bond donors (Lipinski definition) is 2. The largest absolute Gasteiger partial charge is 0.481 e. The average Bonchev–Trinajstić information content (AvgIpc) is 2.64. The van der Waals surface area contributed by atoms with Crippen molar-refractivity contribution in [3.63, 3.8) is 0 Å². The standard InChI is InChI=1S/C10H19NO2/c1-7-3-8(7)4-10(2,6-11)5-9(12)13/h7-8H,3-6,11H2,1-2H3,(H,12,13). The molecule has 1 aliphatic rings. The highest BCUT2D eigenvalue weighted by Crippen LogP contribution is 2.46. The van der Waals surface area contributed by atoms with Crippen LogP contribution in [0.15, 0.2) is 0 Å². The molecule has 0 heterocycles. The van der Waals surface area contributed by atoms with E-state index in [9.17, 15) is 4.79 Å². The molecular formula is C10H19NO2. The summed E-state index contributed by atoms with van der Waals surface area (Å²) in [5.41, 5.74) is 5.42. The molecule has 0 aliphatic heterocycles. The molecule has 0 spiro atoms. The molecule has 0 amide bonds. The molecular weight excluding hydrogens is 166 g/mol. The second-order valence-electron chi connectivity index (χ2n) is 4.76. The summed E-state index contributed by atoms with van der Waals surface area (Å²) < 4.78 is 0. The Morgan fingerprint density at radius 1 is 1.69 bits per heavy atom. The number of nitrogens with two attached hydrogens (primary N) is 1. The highest BCUT2D eigenvalue weighted by atomic mass is 16.4. The molecule has 3 N–H and O–H groups in total. The Labute approximate surface area is 79.3 Å². The van der Waals surface area contributed by atoms with Crippen LogP contribution in [-0.4, -0.2) is 17.6 Å². The highest BCUT2D eigenvalue weighted by molar-refractivity contribution is 5.67. The van der Waals surface area contributed by atoms with Crippen molar-refractivity contribution in [3.05, 3.63) is 0 Å². The minimum Gasteiger partial charge on any atom is -0.481 e. The van der Waals surface area contributed by atoms with Crippen molar-refractivity contribution in [1.29, 1.82) is 0 Å². The van der Waals surface area contributed by atoms with E-state index in [1.54, 1.807) is 0 Å². The topological polar surface area (TPSA) is 63.3 Å². The van der Waals surface area contributed by atoms with E-state index in [4.69, 9.17) is 10.8 Å². The maximum absolute atomic E-state index is 10.6. The van der Waals surface area contributed by atoms with Gasteiger partial charge in [0.15, 0.2) is 0 Å². The normalized spacial score (nSPS) is 31.0. The number of carboxylic acids is 1. The van der Waals surface area contributed by atoms with Crippen molar-refractivity contribution >= 4 is 5.97 Å². The van der Waals surface area contributed by atoms with E-state index < -0.39 is 5.97 Å². The van der Waals surface area contributed by atoms with Gasteiger partial charge in [-0.1, -0.05) is 13.8 Å². The summed E-state index contributed by atoms with van der Waals surface area (Å²) >= 11 is 0. The summed E-state index contributed by atoms with van der Waals surface area (Å²) in [4.78, 5) is 10.6. The van der Waals surface area contributed by atoms with Gasteiger partial charge in [-0.15, -0.1) is 0 Å². The molecule has 13 heavy (non-hydrogen) atoms. The minimum atomic E-state index is -0.735. The Morgan fingerprint density at radius 2 is 2.23 bits per heavy atom. The van der Waals surface area contributed by atoms with Crippen LogP contribution in [0, 0.1) is 17.3 Å². The quantitative estimate of drug-likeness (QED) is 0.681. The average molecular weight is 185 g/mol. The van der Waals surface area contributed by atoms with Gasteiger partial charge >= 0.3 is 5.97 Å². The Hall–Kier alpha value is -0.570. The molecule has 1 aliphatic carbocycles. The van der Waals surface area contributed by atoms with E-state index in [0.29, 0.717) is 12.5 Å². The van der Waals surface area contributed by atoms with Crippen molar-refractivity contribution in [2.75, 3.05) is 6.54 Å². The number of aliphatic carboxylic acids is 1. The maximum Gasteiger partial charge on any atom is 0.303 e. The van der Waals surface area contributed by atoms with Crippen LogP contribution in [0.25, 0.3) is 0 Å². The summed E-state index contributed by atoms with van der Waals surface area (Å²) in [6, 6.07) is 0. The molecule has 0 saturated heterocycles. The summed E-state index contributed by atoms with van der Waals surface area (Å²) in [7, 11) is 0. The zero-order chi connectivity index (χ0) is 10.1. The van der Waals surface area contributed by atoms with Crippen LogP contribution in [0.5, 0.6) is 0 Å². The fourth-order valence-electron chi connectivity index (χ4n) is 1.91. The zero-order valence-electron chi connectivity index (χ0n) is 8.42. The first-order chi connectivity index (χ1) is 5.97. The number of carboxylic acid groups (broad SMARTS) is 1. The molecule has 1 rings (SSSR count). The molecule has 0 aromatic heterocycles. The highest BCUT2D eigenvalue weighted by Gasteiger charge is 2.39. The minimum absolute atomic E-state index is 0.193. The van der Waals surface area contributed by atoms with Gasteiger partial charge in [0.25, 0.3) is 0 Å². The van der Waals surface area contributed by atoms with Gasteiger partial charge in [-0.2, -0.15) is 0 Å². The first kappa shape index (κ1) is 10.5. The van der Waals surface area contributed by atoms with Gasteiger partial charge < -0.3 is 10.8 Å². The van der Waals surface area contributed by atoms with Gasteiger partial charge in [-0.25, -0.2) is 0 Å². The van der Waals surface area contributed by atoms with Gasteiger partial charge in [0.05, 0.1) is 6.42 Å². The molecule has 3 atom stereocenters. The fraction of sp³-hybridized carbons (Fsp3) is 0.900. The lowest BCUT2D eigenvalue weighted by Crippen LogP contribution is -2.30. The van der Waals surface area contributed by atoms with E-state index in [1.165, 1.54) is 6.42 Å². The van der Waals surface area contributed by atoms with Crippen LogP contribution in [0.2, 0.25) is 0 Å². The smallest absolute Gasteiger partial charge is 0.303 e. The third-order valence-electron chi connectivity index (χ3n) is 3.10. The van der Waals surface area contributed by atoms with Gasteiger partial charge in [-0.05, 0) is 36.6 Å². The molecule has 3 unspecified atom stereocenters. The Bertz CT molecular complexity index is 205. The lowest BCUT2D eigenvalue weighted by molar-refractivity contribution is -0.139. The van der Waals surface area contributed by atoms with Crippen molar-refractivity contribution in [3.8, 4) is 0 Å². The Morgan fingerprint density at radius 3 is 2.54 bits per heavy atom. The summed E-state index contributed by atoms with van der Waals surface area (Å²) in [5, 5.41) is 8.72. The summed E-state index contributed by atoms with van der Waals surface area (Å²) in [6.07, 6.45) is 2.42. The van der Waals surface area contributed by atoms with Crippen molar-refractivity contribution in [1.82, 2.24) is 0 Å². The second-order valence-corrected chi connectivity index (χ2v) is 4.76. The van der Waals surface area contributed by atoms with Gasteiger partial charge in [-0.3, -0.25) is 4.79 Å². The number of carbonyl (C=O) groups is 1. The fourth-order valence-corrected chi connectivity index (χ4v) is 1.91. The molecule has 0 bridgehead atoms. The SMILES string of the molecule is CC1CC1CC(C)(CN)CC(=O)O.